The number of amides is 1. The Morgan fingerprint density at radius 1 is 1.12 bits per heavy atom. The van der Waals surface area contributed by atoms with Gasteiger partial charge in [0, 0.05) is 30.7 Å². The van der Waals surface area contributed by atoms with Crippen molar-refractivity contribution in [1.29, 1.82) is 0 Å². The van der Waals surface area contributed by atoms with Gasteiger partial charge in [0.05, 0.1) is 4.90 Å². The third-order valence-corrected chi connectivity index (χ3v) is 6.43. The second kappa shape index (κ2) is 7.39. The average Bonchev–Trinajstić information content (AvgIpc) is 3.17. The number of halogens is 1. The van der Waals surface area contributed by atoms with E-state index in [4.69, 9.17) is 5.73 Å². The normalized spacial score (nSPS) is 20.2. The Balaban J connectivity index is 0.00000208. The van der Waals surface area contributed by atoms with Crippen LogP contribution >= 0.6 is 12.4 Å². The predicted octanol–water partition coefficient (Wildman–Crippen LogP) is 1.78. The molecule has 0 radical (unpaired) electrons. The minimum atomic E-state index is -3.60. The maximum Gasteiger partial charge on any atom is 0.241 e. The van der Waals surface area contributed by atoms with Crippen molar-refractivity contribution in [2.45, 2.75) is 49.0 Å². The van der Waals surface area contributed by atoms with Crippen molar-refractivity contribution in [3.05, 3.63) is 24.3 Å². The number of sulfonamides is 1. The molecular weight excluding hydrogens is 350 g/mol. The summed E-state index contributed by atoms with van der Waals surface area (Å²) in [7, 11) is -3.60. The summed E-state index contributed by atoms with van der Waals surface area (Å²) in [4.78, 5) is 13.7. The molecule has 24 heavy (non-hydrogen) atoms. The monoisotopic (exact) mass is 373 g/mol. The van der Waals surface area contributed by atoms with Gasteiger partial charge in [-0.2, -0.15) is 0 Å². The zero-order chi connectivity index (χ0) is 16.5. The molecule has 1 saturated heterocycles. The number of nitrogens with two attached hydrogens (primary N) is 1. The topological polar surface area (TPSA) is 92.5 Å². The van der Waals surface area contributed by atoms with Crippen LogP contribution in [0.2, 0.25) is 0 Å². The fraction of sp³-hybridized carbons (Fsp3) is 0.562. The van der Waals surface area contributed by atoms with Crippen molar-refractivity contribution in [2.24, 2.45) is 5.73 Å². The molecule has 8 heteroatoms. The van der Waals surface area contributed by atoms with Crippen LogP contribution in [0.3, 0.4) is 0 Å². The van der Waals surface area contributed by atoms with E-state index in [9.17, 15) is 13.2 Å². The average molecular weight is 374 g/mol. The Kier molecular flexibility index (Phi) is 5.91. The molecule has 0 aromatic heterocycles. The summed E-state index contributed by atoms with van der Waals surface area (Å²) in [6.07, 6.45) is 4.96. The first kappa shape index (κ1) is 19.2. The van der Waals surface area contributed by atoms with Crippen LogP contribution in [0, 0.1) is 0 Å². The largest absolute Gasteiger partial charge is 0.329 e. The quantitative estimate of drug-likeness (QED) is 0.822. The highest BCUT2D eigenvalue weighted by molar-refractivity contribution is 7.89. The smallest absolute Gasteiger partial charge is 0.241 e. The van der Waals surface area contributed by atoms with Crippen molar-refractivity contribution >= 4 is 34.0 Å². The van der Waals surface area contributed by atoms with Crippen LogP contribution in [0.15, 0.2) is 29.2 Å². The van der Waals surface area contributed by atoms with Gasteiger partial charge in [0.25, 0.3) is 0 Å². The number of rotatable bonds is 5. The lowest BCUT2D eigenvalue weighted by atomic mass is 10.0. The Morgan fingerprint density at radius 3 is 2.25 bits per heavy atom. The zero-order valence-electron chi connectivity index (χ0n) is 13.5. The summed E-state index contributed by atoms with van der Waals surface area (Å²) in [5.74, 6) is 0.0896. The summed E-state index contributed by atoms with van der Waals surface area (Å²) >= 11 is 0. The molecule has 1 heterocycles. The Morgan fingerprint density at radius 2 is 1.75 bits per heavy atom. The maximum absolute atomic E-state index is 12.6. The molecule has 0 spiro atoms. The van der Waals surface area contributed by atoms with Crippen LogP contribution in [0.5, 0.6) is 0 Å². The van der Waals surface area contributed by atoms with Gasteiger partial charge in [-0.25, -0.2) is 13.1 Å². The standard InChI is InChI=1S/C16H23N3O3S.ClH/c17-12-16(9-1-2-10-16)18-23(21,22)14-7-5-13(6-8-14)19-11-3-4-15(19)20;/h5-8,18H,1-4,9-12,17H2;1H. The van der Waals surface area contributed by atoms with Gasteiger partial charge in [-0.15, -0.1) is 12.4 Å². The number of nitrogens with one attached hydrogen (secondary N) is 1. The lowest BCUT2D eigenvalue weighted by Gasteiger charge is -2.28. The molecule has 0 unspecified atom stereocenters. The minimum absolute atomic E-state index is 0. The van der Waals surface area contributed by atoms with E-state index >= 15 is 0 Å². The first-order chi connectivity index (χ1) is 11.0. The van der Waals surface area contributed by atoms with Crippen LogP contribution in [-0.4, -0.2) is 33.0 Å². The van der Waals surface area contributed by atoms with Gasteiger partial charge in [-0.1, -0.05) is 12.8 Å². The highest BCUT2D eigenvalue weighted by Crippen LogP contribution is 2.31. The van der Waals surface area contributed by atoms with E-state index in [0.29, 0.717) is 19.5 Å². The molecule has 0 atom stereocenters. The van der Waals surface area contributed by atoms with Crippen LogP contribution in [0.1, 0.15) is 38.5 Å². The number of hydrogen-bond acceptors (Lipinski definition) is 4. The Hall–Kier alpha value is -1.15. The fourth-order valence-electron chi connectivity index (χ4n) is 3.47. The molecule has 1 aromatic carbocycles. The molecule has 1 aliphatic heterocycles. The SMILES string of the molecule is Cl.NCC1(NS(=O)(=O)c2ccc(N3CCCC3=O)cc2)CCCC1. The van der Waals surface area contributed by atoms with E-state index in [2.05, 4.69) is 4.72 Å². The number of nitrogens with zero attached hydrogens (tertiary/aromatic N) is 1. The summed E-state index contributed by atoms with van der Waals surface area (Å²) < 4.78 is 28.0. The molecule has 3 N–H and O–H groups in total. The van der Waals surface area contributed by atoms with Crippen LogP contribution in [0.4, 0.5) is 5.69 Å². The second-order valence-electron chi connectivity index (χ2n) is 6.44. The van der Waals surface area contributed by atoms with Gasteiger partial charge in [-0.05, 0) is 43.5 Å². The first-order valence-electron chi connectivity index (χ1n) is 8.10. The molecule has 1 aliphatic carbocycles. The van der Waals surface area contributed by atoms with Gasteiger partial charge >= 0.3 is 0 Å². The molecule has 134 valence electrons. The Bertz CT molecular complexity index is 685. The molecule has 6 nitrogen and oxygen atoms in total. The van der Waals surface area contributed by atoms with Crippen molar-refractivity contribution in [1.82, 2.24) is 4.72 Å². The number of hydrogen-bond donors (Lipinski definition) is 2. The van der Waals surface area contributed by atoms with Crippen LogP contribution < -0.4 is 15.4 Å². The van der Waals surface area contributed by atoms with E-state index in [1.807, 2.05) is 0 Å². The molecular formula is C16H24ClN3O3S. The molecule has 2 fully saturated rings. The first-order valence-corrected chi connectivity index (χ1v) is 9.59. The van der Waals surface area contributed by atoms with Crippen molar-refractivity contribution in [3.8, 4) is 0 Å². The van der Waals surface area contributed by atoms with E-state index in [1.54, 1.807) is 29.2 Å². The highest BCUT2D eigenvalue weighted by atomic mass is 35.5. The second-order valence-corrected chi connectivity index (χ2v) is 8.12. The molecule has 1 aromatic rings. The van der Waals surface area contributed by atoms with Crippen LogP contribution in [-0.2, 0) is 14.8 Å². The third-order valence-electron chi connectivity index (χ3n) is 4.83. The highest BCUT2D eigenvalue weighted by Gasteiger charge is 2.36. The van der Waals surface area contributed by atoms with E-state index in [-0.39, 0.29) is 23.2 Å². The lowest BCUT2D eigenvalue weighted by molar-refractivity contribution is -0.117. The van der Waals surface area contributed by atoms with Gasteiger partial charge in [0.15, 0.2) is 0 Å². The van der Waals surface area contributed by atoms with Gasteiger partial charge in [0.1, 0.15) is 0 Å². The summed E-state index contributed by atoms with van der Waals surface area (Å²) in [5, 5.41) is 0. The maximum atomic E-state index is 12.6. The lowest BCUT2D eigenvalue weighted by Crippen LogP contribution is -2.51. The third kappa shape index (κ3) is 3.74. The zero-order valence-corrected chi connectivity index (χ0v) is 15.2. The van der Waals surface area contributed by atoms with Crippen molar-refractivity contribution in [3.63, 3.8) is 0 Å². The fourth-order valence-corrected chi connectivity index (χ4v) is 4.94. The summed E-state index contributed by atoms with van der Waals surface area (Å²) in [5.41, 5.74) is 6.04. The van der Waals surface area contributed by atoms with E-state index < -0.39 is 15.6 Å². The van der Waals surface area contributed by atoms with Crippen LogP contribution in [0.25, 0.3) is 0 Å². The van der Waals surface area contributed by atoms with Gasteiger partial charge in [-0.3, -0.25) is 4.79 Å². The minimum Gasteiger partial charge on any atom is -0.329 e. The number of carbonyl (C=O) groups excluding carboxylic acids is 1. The molecule has 1 saturated carbocycles. The van der Waals surface area contributed by atoms with Crippen molar-refractivity contribution < 1.29 is 13.2 Å². The Labute approximate surface area is 149 Å². The van der Waals surface area contributed by atoms with E-state index in [0.717, 1.165) is 37.8 Å². The van der Waals surface area contributed by atoms with Gasteiger partial charge in [0.2, 0.25) is 15.9 Å². The predicted molar refractivity (Wildman–Crippen MR) is 95.9 cm³/mol. The summed E-state index contributed by atoms with van der Waals surface area (Å²) in [6.45, 7) is 1.01. The molecule has 1 amide bonds. The number of anilines is 1. The number of benzene rings is 1. The molecule has 0 bridgehead atoms. The summed E-state index contributed by atoms with van der Waals surface area (Å²) in [6, 6.07) is 6.51. The molecule has 3 rings (SSSR count). The van der Waals surface area contributed by atoms with Gasteiger partial charge < -0.3 is 10.6 Å². The van der Waals surface area contributed by atoms with E-state index in [1.165, 1.54) is 0 Å². The number of carbonyl (C=O) groups is 1. The molecule has 2 aliphatic rings. The van der Waals surface area contributed by atoms with Crippen molar-refractivity contribution in [2.75, 3.05) is 18.0 Å².